The number of anilines is 1. The molecule has 0 radical (unpaired) electrons. The van der Waals surface area contributed by atoms with Crippen molar-refractivity contribution in [2.45, 2.75) is 6.92 Å². The van der Waals surface area contributed by atoms with Crippen molar-refractivity contribution in [1.82, 2.24) is 9.97 Å². The van der Waals surface area contributed by atoms with Crippen LogP contribution >= 0.6 is 15.9 Å². The summed E-state index contributed by atoms with van der Waals surface area (Å²) >= 11 is 3.48. The standard InChI is InChI=1S/C11H12BrN3/c1-3-15(2)11-13-7-8-9(12)5-4-6-10(8)14-11/h4-7H,3H2,1-2H3. The summed E-state index contributed by atoms with van der Waals surface area (Å²) in [6, 6.07) is 5.97. The maximum absolute atomic E-state index is 4.49. The van der Waals surface area contributed by atoms with Gasteiger partial charge in [-0.05, 0) is 19.1 Å². The van der Waals surface area contributed by atoms with Crippen LogP contribution in [0.4, 0.5) is 5.95 Å². The molecule has 0 aliphatic carbocycles. The van der Waals surface area contributed by atoms with Gasteiger partial charge in [-0.15, -0.1) is 0 Å². The molecule has 0 saturated carbocycles. The van der Waals surface area contributed by atoms with Crippen molar-refractivity contribution in [3.05, 3.63) is 28.9 Å². The first-order valence-corrected chi connectivity index (χ1v) is 5.64. The summed E-state index contributed by atoms with van der Waals surface area (Å²) in [4.78, 5) is 10.8. The van der Waals surface area contributed by atoms with Gasteiger partial charge >= 0.3 is 0 Å². The summed E-state index contributed by atoms with van der Waals surface area (Å²) in [5.41, 5.74) is 0.967. The smallest absolute Gasteiger partial charge is 0.225 e. The molecule has 4 heteroatoms. The number of benzene rings is 1. The quantitative estimate of drug-likeness (QED) is 0.836. The van der Waals surface area contributed by atoms with Gasteiger partial charge in [0.25, 0.3) is 0 Å². The second-order valence-corrected chi connectivity index (χ2v) is 4.21. The minimum absolute atomic E-state index is 0.767. The average molecular weight is 266 g/mol. The molecule has 0 atom stereocenters. The van der Waals surface area contributed by atoms with Crippen LogP contribution < -0.4 is 4.90 Å². The Morgan fingerprint density at radius 3 is 2.93 bits per heavy atom. The van der Waals surface area contributed by atoms with E-state index in [1.54, 1.807) is 0 Å². The third-order valence-corrected chi connectivity index (χ3v) is 3.07. The Labute approximate surface area is 97.3 Å². The molecule has 0 fully saturated rings. The summed E-state index contributed by atoms with van der Waals surface area (Å²) < 4.78 is 1.03. The lowest BCUT2D eigenvalue weighted by atomic mass is 10.2. The molecule has 2 aromatic rings. The number of halogens is 1. The number of nitrogens with zero attached hydrogens (tertiary/aromatic N) is 3. The maximum Gasteiger partial charge on any atom is 0.225 e. The first-order chi connectivity index (χ1) is 7.22. The van der Waals surface area contributed by atoms with Gasteiger partial charge in [-0.1, -0.05) is 22.0 Å². The van der Waals surface area contributed by atoms with Gasteiger partial charge < -0.3 is 4.90 Å². The van der Waals surface area contributed by atoms with Crippen molar-refractivity contribution >= 4 is 32.8 Å². The number of aromatic nitrogens is 2. The van der Waals surface area contributed by atoms with Gasteiger partial charge in [0.1, 0.15) is 0 Å². The van der Waals surface area contributed by atoms with Crippen LogP contribution in [-0.4, -0.2) is 23.6 Å². The van der Waals surface area contributed by atoms with E-state index in [4.69, 9.17) is 0 Å². The molecule has 1 heterocycles. The van der Waals surface area contributed by atoms with Crippen LogP contribution in [0.15, 0.2) is 28.9 Å². The molecule has 2 rings (SSSR count). The third-order valence-electron chi connectivity index (χ3n) is 2.38. The van der Waals surface area contributed by atoms with E-state index in [9.17, 15) is 0 Å². The molecule has 0 amide bonds. The Morgan fingerprint density at radius 1 is 1.40 bits per heavy atom. The van der Waals surface area contributed by atoms with Crippen molar-refractivity contribution in [2.24, 2.45) is 0 Å². The van der Waals surface area contributed by atoms with Crippen molar-refractivity contribution in [3.8, 4) is 0 Å². The Morgan fingerprint density at radius 2 is 2.20 bits per heavy atom. The largest absolute Gasteiger partial charge is 0.344 e. The van der Waals surface area contributed by atoms with Gasteiger partial charge in [-0.25, -0.2) is 9.97 Å². The van der Waals surface area contributed by atoms with E-state index in [-0.39, 0.29) is 0 Å². The molecule has 0 unspecified atom stereocenters. The summed E-state index contributed by atoms with van der Waals surface area (Å²) in [5.74, 6) is 0.767. The van der Waals surface area contributed by atoms with E-state index in [1.165, 1.54) is 0 Å². The molecule has 78 valence electrons. The normalized spacial score (nSPS) is 10.6. The fourth-order valence-corrected chi connectivity index (χ4v) is 1.79. The molecular weight excluding hydrogens is 254 g/mol. The SMILES string of the molecule is CCN(C)c1ncc2c(Br)cccc2n1. The van der Waals surface area contributed by atoms with Crippen molar-refractivity contribution in [1.29, 1.82) is 0 Å². The zero-order chi connectivity index (χ0) is 10.8. The molecule has 0 spiro atoms. The molecular formula is C11H12BrN3. The van der Waals surface area contributed by atoms with Gasteiger partial charge in [0.15, 0.2) is 0 Å². The van der Waals surface area contributed by atoms with E-state index in [0.29, 0.717) is 0 Å². The van der Waals surface area contributed by atoms with E-state index >= 15 is 0 Å². The topological polar surface area (TPSA) is 29.0 Å². The van der Waals surface area contributed by atoms with Crippen LogP contribution in [0.25, 0.3) is 10.9 Å². The lowest BCUT2D eigenvalue weighted by molar-refractivity contribution is 0.910. The van der Waals surface area contributed by atoms with Crippen molar-refractivity contribution < 1.29 is 0 Å². The zero-order valence-corrected chi connectivity index (χ0v) is 10.3. The molecule has 0 N–H and O–H groups in total. The number of rotatable bonds is 2. The van der Waals surface area contributed by atoms with Gasteiger partial charge in [-0.3, -0.25) is 0 Å². The third kappa shape index (κ3) is 1.95. The van der Waals surface area contributed by atoms with Gasteiger partial charge in [-0.2, -0.15) is 0 Å². The fraction of sp³-hybridized carbons (Fsp3) is 0.273. The fourth-order valence-electron chi connectivity index (χ4n) is 1.34. The number of fused-ring (bicyclic) bond motifs is 1. The van der Waals surface area contributed by atoms with Gasteiger partial charge in [0, 0.05) is 29.6 Å². The maximum atomic E-state index is 4.49. The van der Waals surface area contributed by atoms with Crippen molar-refractivity contribution in [3.63, 3.8) is 0 Å². The molecule has 15 heavy (non-hydrogen) atoms. The van der Waals surface area contributed by atoms with Crippen LogP contribution in [0.1, 0.15) is 6.92 Å². The molecule has 3 nitrogen and oxygen atoms in total. The predicted octanol–water partition coefficient (Wildman–Crippen LogP) is 2.85. The minimum atomic E-state index is 0.767. The lowest BCUT2D eigenvalue weighted by Gasteiger charge is -2.14. The zero-order valence-electron chi connectivity index (χ0n) is 8.74. The van der Waals surface area contributed by atoms with E-state index in [0.717, 1.165) is 27.9 Å². The summed E-state index contributed by atoms with van der Waals surface area (Å²) in [6.45, 7) is 2.98. The van der Waals surface area contributed by atoms with Crippen LogP contribution in [-0.2, 0) is 0 Å². The predicted molar refractivity (Wildman–Crippen MR) is 66.2 cm³/mol. The second kappa shape index (κ2) is 4.14. The van der Waals surface area contributed by atoms with Crippen LogP contribution in [0.3, 0.4) is 0 Å². The Bertz CT molecular complexity index is 484. The molecule has 1 aromatic heterocycles. The average Bonchev–Trinajstić information content (AvgIpc) is 2.28. The molecule has 0 bridgehead atoms. The highest BCUT2D eigenvalue weighted by Crippen LogP contribution is 2.22. The van der Waals surface area contributed by atoms with Crippen LogP contribution in [0.2, 0.25) is 0 Å². The van der Waals surface area contributed by atoms with Crippen LogP contribution in [0, 0.1) is 0 Å². The molecule has 0 aliphatic rings. The van der Waals surface area contributed by atoms with Crippen LogP contribution in [0.5, 0.6) is 0 Å². The summed E-state index contributed by atoms with van der Waals surface area (Å²) in [5, 5.41) is 1.05. The molecule has 1 aromatic carbocycles. The summed E-state index contributed by atoms with van der Waals surface area (Å²) in [6.07, 6.45) is 1.86. The highest BCUT2D eigenvalue weighted by atomic mass is 79.9. The van der Waals surface area contributed by atoms with Gasteiger partial charge in [0.05, 0.1) is 5.52 Å². The minimum Gasteiger partial charge on any atom is -0.344 e. The number of hydrogen-bond donors (Lipinski definition) is 0. The first kappa shape index (κ1) is 10.4. The molecule has 0 saturated heterocycles. The molecule has 0 aliphatic heterocycles. The lowest BCUT2D eigenvalue weighted by Crippen LogP contribution is -2.18. The van der Waals surface area contributed by atoms with E-state index < -0.39 is 0 Å². The van der Waals surface area contributed by atoms with E-state index in [2.05, 4.69) is 32.8 Å². The first-order valence-electron chi connectivity index (χ1n) is 4.84. The second-order valence-electron chi connectivity index (χ2n) is 3.36. The Kier molecular flexibility index (Phi) is 2.86. The highest BCUT2D eigenvalue weighted by molar-refractivity contribution is 9.10. The number of hydrogen-bond acceptors (Lipinski definition) is 3. The Hall–Kier alpha value is -1.16. The van der Waals surface area contributed by atoms with Crippen molar-refractivity contribution in [2.75, 3.05) is 18.5 Å². The Balaban J connectivity index is 2.57. The highest BCUT2D eigenvalue weighted by Gasteiger charge is 2.04. The summed E-state index contributed by atoms with van der Waals surface area (Å²) in [7, 11) is 1.99. The van der Waals surface area contributed by atoms with Gasteiger partial charge in [0.2, 0.25) is 5.95 Å². The van der Waals surface area contributed by atoms with E-state index in [1.807, 2.05) is 36.3 Å². The monoisotopic (exact) mass is 265 g/mol.